The van der Waals surface area contributed by atoms with Gasteiger partial charge in [-0.15, -0.1) is 0 Å². The van der Waals surface area contributed by atoms with E-state index in [9.17, 15) is 14.7 Å². The number of aryl methyl sites for hydroxylation is 1. The third-order valence-electron chi connectivity index (χ3n) is 4.19. The van der Waals surface area contributed by atoms with Gasteiger partial charge in [0, 0.05) is 18.2 Å². The van der Waals surface area contributed by atoms with Gasteiger partial charge in [-0.25, -0.2) is 9.59 Å². The molecular weight excluding hydrogens is 310 g/mol. The Hall–Kier alpha value is -2.08. The van der Waals surface area contributed by atoms with Gasteiger partial charge in [0.15, 0.2) is 6.10 Å². The molecule has 6 heteroatoms. The highest BCUT2D eigenvalue weighted by molar-refractivity contribution is 5.86. The lowest BCUT2D eigenvalue weighted by atomic mass is 9.88. The number of benzene rings is 1. The molecule has 0 spiro atoms. The van der Waals surface area contributed by atoms with Crippen molar-refractivity contribution in [1.29, 1.82) is 0 Å². The van der Waals surface area contributed by atoms with Crippen LogP contribution in [0.25, 0.3) is 0 Å². The fourth-order valence-electron chi connectivity index (χ4n) is 2.93. The van der Waals surface area contributed by atoms with Crippen LogP contribution in [0.1, 0.15) is 44.7 Å². The first-order valence-corrected chi connectivity index (χ1v) is 7.96. The van der Waals surface area contributed by atoms with Crippen molar-refractivity contribution in [1.82, 2.24) is 0 Å². The van der Waals surface area contributed by atoms with Crippen LogP contribution in [-0.4, -0.2) is 36.0 Å². The number of carbonyl (C=O) groups is 2. The van der Waals surface area contributed by atoms with Crippen LogP contribution in [0.2, 0.25) is 0 Å². The van der Waals surface area contributed by atoms with E-state index in [1.165, 1.54) is 7.11 Å². The van der Waals surface area contributed by atoms with Crippen LogP contribution in [0.4, 0.5) is 10.5 Å². The van der Waals surface area contributed by atoms with E-state index in [0.29, 0.717) is 5.69 Å². The van der Waals surface area contributed by atoms with Crippen molar-refractivity contribution < 1.29 is 24.2 Å². The monoisotopic (exact) mass is 335 g/mol. The Morgan fingerprint density at radius 3 is 2.33 bits per heavy atom. The molecule has 0 radical (unpaired) electrons. The van der Waals surface area contributed by atoms with Crippen LogP contribution < -0.4 is 5.32 Å². The molecular formula is C18H25NO5. The lowest BCUT2D eigenvalue weighted by Crippen LogP contribution is -2.36. The number of hydrogen-bond acceptors (Lipinski definition) is 4. The second kappa shape index (κ2) is 6.43. The predicted molar refractivity (Wildman–Crippen MR) is 90.4 cm³/mol. The van der Waals surface area contributed by atoms with Crippen molar-refractivity contribution in [3.8, 4) is 0 Å². The third-order valence-corrected chi connectivity index (χ3v) is 4.19. The molecule has 2 N–H and O–H groups in total. The summed E-state index contributed by atoms with van der Waals surface area (Å²) in [5.74, 6) is -0.955. The van der Waals surface area contributed by atoms with E-state index in [1.807, 2.05) is 19.1 Å². The largest absolute Gasteiger partial charge is 0.479 e. The summed E-state index contributed by atoms with van der Waals surface area (Å²) in [6.45, 7) is 7.28. The van der Waals surface area contributed by atoms with Gasteiger partial charge >= 0.3 is 12.1 Å². The van der Waals surface area contributed by atoms with E-state index >= 15 is 0 Å². The Labute approximate surface area is 142 Å². The Balaban J connectivity index is 2.19. The maximum Gasteiger partial charge on any atom is 0.412 e. The highest BCUT2D eigenvalue weighted by atomic mass is 16.6. The molecule has 1 amide bonds. The van der Waals surface area contributed by atoms with Gasteiger partial charge in [0.05, 0.1) is 0 Å². The molecule has 1 aromatic rings. The van der Waals surface area contributed by atoms with Crippen molar-refractivity contribution in [2.24, 2.45) is 0 Å². The molecule has 2 rings (SSSR count). The lowest BCUT2D eigenvalue weighted by Gasteiger charge is -2.24. The van der Waals surface area contributed by atoms with E-state index in [-0.39, 0.29) is 0 Å². The summed E-state index contributed by atoms with van der Waals surface area (Å²) >= 11 is 0. The molecule has 0 aliphatic heterocycles. The molecule has 0 bridgehead atoms. The number of aliphatic carboxylic acids is 1. The van der Waals surface area contributed by atoms with Crippen molar-refractivity contribution in [3.63, 3.8) is 0 Å². The third kappa shape index (κ3) is 3.87. The zero-order valence-electron chi connectivity index (χ0n) is 14.8. The fourth-order valence-corrected chi connectivity index (χ4v) is 2.93. The number of nitrogens with one attached hydrogen (secondary N) is 1. The Bertz CT molecular complexity index is 643. The van der Waals surface area contributed by atoms with Gasteiger partial charge in [0.1, 0.15) is 5.60 Å². The van der Waals surface area contributed by atoms with Gasteiger partial charge in [-0.1, -0.05) is 12.1 Å². The number of methoxy groups -OCH3 is 1. The number of anilines is 1. The molecule has 24 heavy (non-hydrogen) atoms. The number of ether oxygens (including phenoxy) is 2. The zero-order valence-corrected chi connectivity index (χ0v) is 14.8. The minimum absolute atomic E-state index is 0.476. The Morgan fingerprint density at radius 1 is 1.29 bits per heavy atom. The van der Waals surface area contributed by atoms with Crippen LogP contribution >= 0.6 is 0 Å². The van der Waals surface area contributed by atoms with E-state index in [4.69, 9.17) is 9.47 Å². The first-order chi connectivity index (χ1) is 11.1. The maximum absolute atomic E-state index is 11.9. The van der Waals surface area contributed by atoms with Crippen molar-refractivity contribution in [3.05, 3.63) is 29.3 Å². The molecule has 132 valence electrons. The minimum atomic E-state index is -0.955. The fraction of sp³-hybridized carbons (Fsp3) is 0.556. The number of carboxylic acids is 1. The summed E-state index contributed by atoms with van der Waals surface area (Å²) in [6, 6.07) is 5.54. The van der Waals surface area contributed by atoms with Crippen molar-refractivity contribution in [2.45, 2.75) is 57.7 Å². The van der Waals surface area contributed by atoms with Crippen LogP contribution in [0.15, 0.2) is 18.2 Å². The molecule has 1 aliphatic carbocycles. The summed E-state index contributed by atoms with van der Waals surface area (Å²) in [6.07, 6.45) is 0.174. The average Bonchev–Trinajstić information content (AvgIpc) is 3.20. The Kier molecular flexibility index (Phi) is 4.90. The average molecular weight is 335 g/mol. The van der Waals surface area contributed by atoms with Crippen LogP contribution in [-0.2, 0) is 19.7 Å². The normalized spacial score (nSPS) is 17.0. The smallest absolute Gasteiger partial charge is 0.412 e. The molecule has 0 aromatic heterocycles. The van der Waals surface area contributed by atoms with Gasteiger partial charge in [-0.05, 0) is 57.7 Å². The summed E-state index contributed by atoms with van der Waals surface area (Å²) < 4.78 is 10.4. The van der Waals surface area contributed by atoms with Crippen molar-refractivity contribution in [2.75, 3.05) is 12.4 Å². The molecule has 1 aromatic carbocycles. The number of rotatable bonds is 5. The lowest BCUT2D eigenvalue weighted by molar-refractivity contribution is -0.150. The predicted octanol–water partition coefficient (Wildman–Crippen LogP) is 3.47. The first kappa shape index (κ1) is 18.3. The van der Waals surface area contributed by atoms with Gasteiger partial charge in [-0.2, -0.15) is 0 Å². The molecule has 1 saturated carbocycles. The van der Waals surface area contributed by atoms with E-state index < -0.39 is 29.2 Å². The van der Waals surface area contributed by atoms with Crippen LogP contribution in [0.3, 0.4) is 0 Å². The molecule has 1 atom stereocenters. The standard InChI is InChI=1S/C18H25NO5/c1-11-10-12(18(8-9-18)14(23-5)15(20)21)6-7-13(11)19-16(22)24-17(2,3)4/h6-7,10,14H,8-9H2,1-5H3,(H,19,22)(H,20,21). The van der Waals surface area contributed by atoms with Crippen LogP contribution in [0, 0.1) is 6.92 Å². The number of carboxylic acid groups (broad SMARTS) is 1. The molecule has 6 nitrogen and oxygen atoms in total. The molecule has 1 aliphatic rings. The maximum atomic E-state index is 11.9. The van der Waals surface area contributed by atoms with Gasteiger partial charge in [-0.3, -0.25) is 5.32 Å². The van der Waals surface area contributed by atoms with E-state index in [1.54, 1.807) is 26.8 Å². The van der Waals surface area contributed by atoms with E-state index in [2.05, 4.69) is 5.32 Å². The van der Waals surface area contributed by atoms with Crippen LogP contribution in [0.5, 0.6) is 0 Å². The highest BCUT2D eigenvalue weighted by Gasteiger charge is 2.54. The quantitative estimate of drug-likeness (QED) is 0.860. The van der Waals surface area contributed by atoms with Gasteiger partial charge in [0.25, 0.3) is 0 Å². The second-order valence-electron chi connectivity index (χ2n) is 7.27. The van der Waals surface area contributed by atoms with Gasteiger partial charge < -0.3 is 14.6 Å². The summed E-state index contributed by atoms with van der Waals surface area (Å²) in [4.78, 5) is 23.3. The van der Waals surface area contributed by atoms with E-state index in [0.717, 1.165) is 24.0 Å². The highest BCUT2D eigenvalue weighted by Crippen LogP contribution is 2.52. The molecule has 0 saturated heterocycles. The van der Waals surface area contributed by atoms with Crippen molar-refractivity contribution >= 4 is 17.7 Å². The second-order valence-corrected chi connectivity index (χ2v) is 7.27. The topological polar surface area (TPSA) is 84.9 Å². The molecule has 1 unspecified atom stereocenters. The molecule has 1 fully saturated rings. The summed E-state index contributed by atoms with van der Waals surface area (Å²) in [5.41, 5.74) is 1.38. The SMILES string of the molecule is COC(C(=O)O)C1(c2ccc(NC(=O)OC(C)(C)C)c(C)c2)CC1. The summed E-state index contributed by atoms with van der Waals surface area (Å²) in [7, 11) is 1.42. The minimum Gasteiger partial charge on any atom is -0.479 e. The number of amides is 1. The van der Waals surface area contributed by atoms with Gasteiger partial charge in [0.2, 0.25) is 0 Å². The zero-order chi connectivity index (χ0) is 18.1. The first-order valence-electron chi connectivity index (χ1n) is 7.96. The number of hydrogen-bond donors (Lipinski definition) is 2. The number of carbonyl (C=O) groups excluding carboxylic acids is 1. The molecule has 0 heterocycles. The Morgan fingerprint density at radius 2 is 1.92 bits per heavy atom. The summed E-state index contributed by atoms with van der Waals surface area (Å²) in [5, 5.41) is 12.1.